The molecule has 3 nitrogen and oxygen atoms in total. The summed E-state index contributed by atoms with van der Waals surface area (Å²) in [5.74, 6) is -1.37. The summed E-state index contributed by atoms with van der Waals surface area (Å²) in [7, 11) is 1.68. The van der Waals surface area contributed by atoms with Gasteiger partial charge in [0, 0.05) is 31.6 Å². The summed E-state index contributed by atoms with van der Waals surface area (Å²) in [6.45, 7) is 2.04. The molecule has 0 bridgehead atoms. The fraction of sp³-hybridized carbons (Fsp3) is 0.588. The Hall–Kier alpha value is -1.49. The van der Waals surface area contributed by atoms with Crippen molar-refractivity contribution in [1.82, 2.24) is 10.2 Å². The van der Waals surface area contributed by atoms with Gasteiger partial charge in [-0.15, -0.1) is 0 Å². The molecule has 1 aliphatic heterocycles. The molecule has 1 heterocycles. The van der Waals surface area contributed by atoms with Gasteiger partial charge in [0.2, 0.25) is 5.91 Å². The van der Waals surface area contributed by atoms with Crippen LogP contribution in [0, 0.1) is 23.0 Å². The molecule has 2 aliphatic rings. The third-order valence-electron chi connectivity index (χ3n) is 5.36. The van der Waals surface area contributed by atoms with Crippen LogP contribution in [0.2, 0.25) is 0 Å². The molecular formula is C17H22F2N2O. The maximum absolute atomic E-state index is 13.8. The third kappa shape index (κ3) is 2.62. The lowest BCUT2D eigenvalue weighted by molar-refractivity contribution is -0.127. The largest absolute Gasteiger partial charge is 0.359 e. The van der Waals surface area contributed by atoms with Crippen molar-refractivity contribution in [3.63, 3.8) is 0 Å². The highest BCUT2D eigenvalue weighted by molar-refractivity contribution is 5.79. The number of nitrogens with one attached hydrogen (secondary N) is 1. The summed E-state index contributed by atoms with van der Waals surface area (Å²) < 4.78 is 27.1. The van der Waals surface area contributed by atoms with Crippen molar-refractivity contribution in [2.75, 3.05) is 20.1 Å². The molecule has 1 spiro atoms. The van der Waals surface area contributed by atoms with Gasteiger partial charge in [0.05, 0.1) is 0 Å². The molecule has 1 N–H and O–H groups in total. The van der Waals surface area contributed by atoms with Gasteiger partial charge in [0.25, 0.3) is 0 Å². The molecule has 1 aromatic rings. The van der Waals surface area contributed by atoms with E-state index < -0.39 is 11.6 Å². The Morgan fingerprint density at radius 2 is 2.23 bits per heavy atom. The molecule has 5 heteroatoms. The second-order valence-corrected chi connectivity index (χ2v) is 6.60. The van der Waals surface area contributed by atoms with Crippen LogP contribution in [0.4, 0.5) is 8.78 Å². The first-order chi connectivity index (χ1) is 10.6. The predicted octanol–water partition coefficient (Wildman–Crippen LogP) is 2.70. The molecule has 2 atom stereocenters. The van der Waals surface area contributed by atoms with Crippen LogP contribution in [0.5, 0.6) is 0 Å². The maximum atomic E-state index is 13.8. The fourth-order valence-corrected chi connectivity index (χ4v) is 4.24. The lowest BCUT2D eigenvalue weighted by Crippen LogP contribution is -2.39. The zero-order valence-corrected chi connectivity index (χ0v) is 12.9. The van der Waals surface area contributed by atoms with Crippen LogP contribution in [-0.4, -0.2) is 30.9 Å². The minimum Gasteiger partial charge on any atom is -0.359 e. The van der Waals surface area contributed by atoms with Crippen molar-refractivity contribution in [3.8, 4) is 0 Å². The predicted molar refractivity (Wildman–Crippen MR) is 80.1 cm³/mol. The molecular weight excluding hydrogens is 286 g/mol. The topological polar surface area (TPSA) is 32.3 Å². The fourth-order valence-electron chi connectivity index (χ4n) is 4.24. The molecule has 1 aliphatic carbocycles. The molecule has 120 valence electrons. The number of amides is 1. The SMILES string of the molecule is CNC(=O)[C@H]1CCC[C@]12CCN(Cc1cccc(F)c1F)C2. The van der Waals surface area contributed by atoms with E-state index in [0.29, 0.717) is 12.1 Å². The number of rotatable bonds is 3. The Balaban J connectivity index is 1.72. The van der Waals surface area contributed by atoms with E-state index in [4.69, 9.17) is 0 Å². The first-order valence-corrected chi connectivity index (χ1v) is 7.92. The Kier molecular flexibility index (Phi) is 4.17. The van der Waals surface area contributed by atoms with Crippen molar-refractivity contribution in [2.24, 2.45) is 11.3 Å². The Morgan fingerprint density at radius 1 is 1.41 bits per heavy atom. The van der Waals surface area contributed by atoms with Gasteiger partial charge in [0.1, 0.15) is 0 Å². The van der Waals surface area contributed by atoms with E-state index >= 15 is 0 Å². The molecule has 3 rings (SSSR count). The van der Waals surface area contributed by atoms with Crippen LogP contribution in [0.1, 0.15) is 31.2 Å². The normalized spacial score (nSPS) is 28.4. The molecule has 0 aromatic heterocycles. The lowest BCUT2D eigenvalue weighted by atomic mass is 9.76. The molecule has 22 heavy (non-hydrogen) atoms. The van der Waals surface area contributed by atoms with Gasteiger partial charge >= 0.3 is 0 Å². The number of hydrogen-bond donors (Lipinski definition) is 1. The lowest BCUT2D eigenvalue weighted by Gasteiger charge is -2.30. The molecule has 2 fully saturated rings. The molecule has 1 saturated heterocycles. The number of benzene rings is 1. The maximum Gasteiger partial charge on any atom is 0.223 e. The number of carbonyl (C=O) groups excluding carboxylic acids is 1. The van der Waals surface area contributed by atoms with Crippen molar-refractivity contribution < 1.29 is 13.6 Å². The van der Waals surface area contributed by atoms with Gasteiger partial charge in [0.15, 0.2) is 11.6 Å². The van der Waals surface area contributed by atoms with E-state index in [9.17, 15) is 13.6 Å². The van der Waals surface area contributed by atoms with E-state index in [1.165, 1.54) is 0 Å². The summed E-state index contributed by atoms with van der Waals surface area (Å²) in [5, 5.41) is 2.77. The number of nitrogens with zero attached hydrogens (tertiary/aromatic N) is 1. The average Bonchev–Trinajstić information content (AvgIpc) is 3.11. The zero-order chi connectivity index (χ0) is 15.7. The highest BCUT2D eigenvalue weighted by atomic mass is 19.2. The molecule has 1 saturated carbocycles. The van der Waals surface area contributed by atoms with Crippen molar-refractivity contribution >= 4 is 5.91 Å². The summed E-state index contributed by atoms with van der Waals surface area (Å²) in [4.78, 5) is 14.3. The van der Waals surface area contributed by atoms with Crippen molar-refractivity contribution in [3.05, 3.63) is 35.4 Å². The minimum absolute atomic E-state index is 0.0178. The highest BCUT2D eigenvalue weighted by Gasteiger charge is 2.49. The minimum atomic E-state index is -0.796. The summed E-state index contributed by atoms with van der Waals surface area (Å²) in [6.07, 6.45) is 4.01. The summed E-state index contributed by atoms with van der Waals surface area (Å²) >= 11 is 0. The number of likely N-dealkylation sites (tertiary alicyclic amines) is 1. The van der Waals surface area contributed by atoms with Gasteiger partial charge < -0.3 is 5.32 Å². The van der Waals surface area contributed by atoms with Crippen LogP contribution in [0.25, 0.3) is 0 Å². The zero-order valence-electron chi connectivity index (χ0n) is 12.9. The van der Waals surface area contributed by atoms with E-state index in [1.54, 1.807) is 19.2 Å². The average molecular weight is 308 g/mol. The third-order valence-corrected chi connectivity index (χ3v) is 5.36. The van der Waals surface area contributed by atoms with Gasteiger partial charge in [-0.25, -0.2) is 8.78 Å². The Labute approximate surface area is 129 Å². The van der Waals surface area contributed by atoms with Crippen LogP contribution in [0.3, 0.4) is 0 Å². The summed E-state index contributed by atoms with van der Waals surface area (Å²) in [5.41, 5.74) is 0.413. The monoisotopic (exact) mass is 308 g/mol. The Morgan fingerprint density at radius 3 is 3.00 bits per heavy atom. The second-order valence-electron chi connectivity index (χ2n) is 6.60. The van der Waals surface area contributed by atoms with E-state index in [2.05, 4.69) is 10.2 Å². The van der Waals surface area contributed by atoms with Gasteiger partial charge in [-0.2, -0.15) is 0 Å². The van der Waals surface area contributed by atoms with Gasteiger partial charge in [-0.3, -0.25) is 9.69 Å². The first kappa shape index (κ1) is 15.4. The van der Waals surface area contributed by atoms with E-state index in [-0.39, 0.29) is 17.2 Å². The molecule has 1 amide bonds. The van der Waals surface area contributed by atoms with Crippen molar-refractivity contribution in [2.45, 2.75) is 32.2 Å². The number of carbonyl (C=O) groups is 1. The van der Waals surface area contributed by atoms with Crippen LogP contribution in [-0.2, 0) is 11.3 Å². The molecule has 0 radical (unpaired) electrons. The van der Waals surface area contributed by atoms with Crippen molar-refractivity contribution in [1.29, 1.82) is 0 Å². The molecule has 0 unspecified atom stereocenters. The number of hydrogen-bond acceptors (Lipinski definition) is 2. The number of halogens is 2. The second kappa shape index (κ2) is 5.95. The Bertz CT molecular complexity index is 578. The highest BCUT2D eigenvalue weighted by Crippen LogP contribution is 2.50. The van der Waals surface area contributed by atoms with E-state index in [0.717, 1.165) is 44.8 Å². The smallest absolute Gasteiger partial charge is 0.223 e. The van der Waals surface area contributed by atoms with Crippen LogP contribution < -0.4 is 5.32 Å². The summed E-state index contributed by atoms with van der Waals surface area (Å²) in [6, 6.07) is 4.32. The quantitative estimate of drug-likeness (QED) is 0.931. The van der Waals surface area contributed by atoms with Gasteiger partial charge in [-0.1, -0.05) is 18.6 Å². The van der Waals surface area contributed by atoms with E-state index in [1.807, 2.05) is 0 Å². The standard InChI is InChI=1S/C17H22F2N2O/c1-20-16(22)13-5-3-7-17(13)8-9-21(11-17)10-12-4-2-6-14(18)15(12)19/h2,4,6,13H,3,5,7-11H2,1H3,(H,20,22)/t13-,17-/m1/s1. The van der Waals surface area contributed by atoms with Crippen LogP contribution >= 0.6 is 0 Å². The van der Waals surface area contributed by atoms with Gasteiger partial charge in [-0.05, 0) is 37.3 Å². The molecule has 1 aromatic carbocycles. The van der Waals surface area contributed by atoms with Crippen LogP contribution in [0.15, 0.2) is 18.2 Å². The first-order valence-electron chi connectivity index (χ1n) is 7.92.